The van der Waals surface area contributed by atoms with Crippen molar-refractivity contribution in [3.05, 3.63) is 48.0 Å². The molecule has 0 aliphatic carbocycles. The van der Waals surface area contributed by atoms with Gasteiger partial charge in [-0.15, -0.1) is 0 Å². The van der Waals surface area contributed by atoms with E-state index in [-0.39, 0.29) is 5.91 Å². The van der Waals surface area contributed by atoms with Gasteiger partial charge in [-0.25, -0.2) is 4.98 Å². The molecule has 0 fully saturated rings. The third-order valence-electron chi connectivity index (χ3n) is 3.89. The molecule has 3 rings (SSSR count). The summed E-state index contributed by atoms with van der Waals surface area (Å²) < 4.78 is 10.5. The van der Waals surface area contributed by atoms with Gasteiger partial charge in [-0.05, 0) is 36.2 Å². The molecule has 0 atom stereocenters. The Kier molecular flexibility index (Phi) is 6.01. The van der Waals surface area contributed by atoms with Gasteiger partial charge in [0.2, 0.25) is 5.91 Å². The number of rotatable bonds is 8. The second kappa shape index (κ2) is 8.62. The zero-order chi connectivity index (χ0) is 18.4. The standard InChI is InChI=1S/C19H21N3O3S/c1-24-16-8-7-13(11-17(16)25-2)9-10-20-18(23)12-26-19-21-14-5-3-4-6-15(14)22-19/h3-8,11H,9-10,12H2,1-2H3,(H,20,23)(H,21,22). The number of para-hydroxylation sites is 2. The lowest BCUT2D eigenvalue weighted by Gasteiger charge is -2.10. The van der Waals surface area contributed by atoms with Crippen LogP contribution >= 0.6 is 11.8 Å². The fraction of sp³-hybridized carbons (Fsp3) is 0.263. The number of amides is 1. The number of aromatic amines is 1. The number of H-pyrrole nitrogens is 1. The van der Waals surface area contributed by atoms with Crippen LogP contribution in [-0.2, 0) is 11.2 Å². The Bertz CT molecular complexity index is 862. The molecule has 1 amide bonds. The highest BCUT2D eigenvalue weighted by Gasteiger charge is 2.08. The van der Waals surface area contributed by atoms with E-state index in [1.54, 1.807) is 14.2 Å². The van der Waals surface area contributed by atoms with Crippen LogP contribution in [0.4, 0.5) is 0 Å². The first-order chi connectivity index (χ1) is 12.7. The number of thioether (sulfide) groups is 1. The first kappa shape index (κ1) is 18.1. The van der Waals surface area contributed by atoms with E-state index >= 15 is 0 Å². The lowest BCUT2D eigenvalue weighted by molar-refractivity contribution is -0.118. The minimum Gasteiger partial charge on any atom is -0.493 e. The predicted octanol–water partition coefficient (Wildman–Crippen LogP) is 3.03. The van der Waals surface area contributed by atoms with Crippen LogP contribution in [0.5, 0.6) is 11.5 Å². The van der Waals surface area contributed by atoms with Crippen LogP contribution < -0.4 is 14.8 Å². The second-order valence-electron chi connectivity index (χ2n) is 5.64. The smallest absolute Gasteiger partial charge is 0.230 e. The molecule has 2 aromatic carbocycles. The van der Waals surface area contributed by atoms with Gasteiger partial charge in [-0.1, -0.05) is 30.0 Å². The first-order valence-electron chi connectivity index (χ1n) is 8.24. The number of nitrogens with zero attached hydrogens (tertiary/aromatic N) is 1. The van der Waals surface area contributed by atoms with Crippen LogP contribution in [0.1, 0.15) is 5.56 Å². The maximum atomic E-state index is 12.0. The van der Waals surface area contributed by atoms with Crippen LogP contribution in [0.25, 0.3) is 11.0 Å². The van der Waals surface area contributed by atoms with E-state index in [9.17, 15) is 4.79 Å². The Balaban J connectivity index is 1.45. The van der Waals surface area contributed by atoms with E-state index in [0.717, 1.165) is 28.2 Å². The maximum absolute atomic E-state index is 12.0. The van der Waals surface area contributed by atoms with Gasteiger partial charge >= 0.3 is 0 Å². The Morgan fingerprint density at radius 2 is 1.96 bits per heavy atom. The Hall–Kier alpha value is -2.67. The van der Waals surface area contributed by atoms with Crippen molar-refractivity contribution in [1.82, 2.24) is 15.3 Å². The number of nitrogens with one attached hydrogen (secondary N) is 2. The van der Waals surface area contributed by atoms with Gasteiger partial charge in [-0.2, -0.15) is 0 Å². The van der Waals surface area contributed by atoms with Gasteiger partial charge < -0.3 is 19.8 Å². The summed E-state index contributed by atoms with van der Waals surface area (Å²) in [4.78, 5) is 19.7. The third-order valence-corrected chi connectivity index (χ3v) is 4.76. The summed E-state index contributed by atoms with van der Waals surface area (Å²) in [6.45, 7) is 0.564. The van der Waals surface area contributed by atoms with Crippen LogP contribution in [-0.4, -0.2) is 42.4 Å². The molecule has 0 aliphatic heterocycles. The number of carbonyl (C=O) groups excluding carboxylic acids is 1. The van der Waals surface area contributed by atoms with Crippen molar-refractivity contribution < 1.29 is 14.3 Å². The van der Waals surface area contributed by atoms with E-state index in [4.69, 9.17) is 9.47 Å². The molecule has 0 saturated carbocycles. The lowest BCUT2D eigenvalue weighted by Crippen LogP contribution is -2.27. The molecule has 0 bridgehead atoms. The molecule has 6 nitrogen and oxygen atoms in total. The summed E-state index contributed by atoms with van der Waals surface area (Å²) >= 11 is 1.40. The monoisotopic (exact) mass is 371 g/mol. The normalized spacial score (nSPS) is 10.7. The molecular formula is C19H21N3O3S. The molecule has 0 aliphatic rings. The highest BCUT2D eigenvalue weighted by atomic mass is 32.2. The highest BCUT2D eigenvalue weighted by Crippen LogP contribution is 2.27. The molecule has 0 saturated heterocycles. The molecule has 3 aromatic rings. The molecule has 2 N–H and O–H groups in total. The van der Waals surface area contributed by atoms with Crippen molar-refractivity contribution in [3.63, 3.8) is 0 Å². The molecule has 136 valence electrons. The fourth-order valence-corrected chi connectivity index (χ4v) is 3.28. The molecule has 7 heteroatoms. The average molecular weight is 371 g/mol. The van der Waals surface area contributed by atoms with Crippen LogP contribution in [0.15, 0.2) is 47.6 Å². The molecule has 1 heterocycles. The zero-order valence-electron chi connectivity index (χ0n) is 14.7. The van der Waals surface area contributed by atoms with E-state index in [1.807, 2.05) is 42.5 Å². The van der Waals surface area contributed by atoms with E-state index < -0.39 is 0 Å². The van der Waals surface area contributed by atoms with Crippen molar-refractivity contribution in [2.75, 3.05) is 26.5 Å². The number of fused-ring (bicyclic) bond motifs is 1. The van der Waals surface area contributed by atoms with E-state index in [0.29, 0.717) is 23.8 Å². The second-order valence-corrected chi connectivity index (χ2v) is 6.60. The molecule has 26 heavy (non-hydrogen) atoms. The van der Waals surface area contributed by atoms with Gasteiger partial charge in [0, 0.05) is 6.54 Å². The van der Waals surface area contributed by atoms with Crippen molar-refractivity contribution in [2.24, 2.45) is 0 Å². The Morgan fingerprint density at radius 1 is 1.15 bits per heavy atom. The number of ether oxygens (including phenoxy) is 2. The topological polar surface area (TPSA) is 76.2 Å². The molecule has 0 spiro atoms. The lowest BCUT2D eigenvalue weighted by atomic mass is 10.1. The largest absolute Gasteiger partial charge is 0.493 e. The minimum atomic E-state index is -0.0177. The number of benzene rings is 2. The number of hydrogen-bond donors (Lipinski definition) is 2. The van der Waals surface area contributed by atoms with Gasteiger partial charge in [0.15, 0.2) is 16.7 Å². The van der Waals surface area contributed by atoms with Crippen molar-refractivity contribution >= 4 is 28.7 Å². The molecule has 1 aromatic heterocycles. The number of carbonyl (C=O) groups is 1. The van der Waals surface area contributed by atoms with Crippen LogP contribution in [0.2, 0.25) is 0 Å². The van der Waals surface area contributed by atoms with Gasteiger partial charge in [0.05, 0.1) is 31.0 Å². The van der Waals surface area contributed by atoms with Gasteiger partial charge in [0.25, 0.3) is 0 Å². The summed E-state index contributed by atoms with van der Waals surface area (Å²) in [6, 6.07) is 13.6. The average Bonchev–Trinajstić information content (AvgIpc) is 3.09. The van der Waals surface area contributed by atoms with Crippen molar-refractivity contribution in [2.45, 2.75) is 11.6 Å². The summed E-state index contributed by atoms with van der Waals surface area (Å²) in [5.74, 6) is 1.70. The quantitative estimate of drug-likeness (QED) is 0.595. The van der Waals surface area contributed by atoms with Gasteiger partial charge in [0.1, 0.15) is 0 Å². The maximum Gasteiger partial charge on any atom is 0.230 e. The Morgan fingerprint density at radius 3 is 2.73 bits per heavy atom. The number of methoxy groups -OCH3 is 2. The zero-order valence-corrected chi connectivity index (χ0v) is 15.6. The summed E-state index contributed by atoms with van der Waals surface area (Å²) in [7, 11) is 3.22. The number of aromatic nitrogens is 2. The highest BCUT2D eigenvalue weighted by molar-refractivity contribution is 7.99. The minimum absolute atomic E-state index is 0.0177. The summed E-state index contributed by atoms with van der Waals surface area (Å²) in [6.07, 6.45) is 0.724. The molecule has 0 radical (unpaired) electrons. The first-order valence-corrected chi connectivity index (χ1v) is 9.23. The Labute approximate surface area is 156 Å². The van der Waals surface area contributed by atoms with E-state index in [2.05, 4.69) is 15.3 Å². The van der Waals surface area contributed by atoms with Crippen LogP contribution in [0.3, 0.4) is 0 Å². The summed E-state index contributed by atoms with van der Waals surface area (Å²) in [5.41, 5.74) is 2.96. The van der Waals surface area contributed by atoms with E-state index in [1.165, 1.54) is 11.8 Å². The van der Waals surface area contributed by atoms with Crippen molar-refractivity contribution in [3.8, 4) is 11.5 Å². The van der Waals surface area contributed by atoms with Crippen molar-refractivity contribution in [1.29, 1.82) is 0 Å². The molecular weight excluding hydrogens is 350 g/mol. The fourth-order valence-electron chi connectivity index (χ4n) is 2.57. The SMILES string of the molecule is COc1ccc(CCNC(=O)CSc2nc3ccccc3[nH]2)cc1OC. The van der Waals surface area contributed by atoms with Crippen LogP contribution in [0, 0.1) is 0 Å². The number of hydrogen-bond acceptors (Lipinski definition) is 5. The van der Waals surface area contributed by atoms with Gasteiger partial charge in [-0.3, -0.25) is 4.79 Å². The predicted molar refractivity (Wildman–Crippen MR) is 103 cm³/mol. The number of imidazole rings is 1. The third kappa shape index (κ3) is 4.49. The summed E-state index contributed by atoms with van der Waals surface area (Å²) in [5, 5.41) is 3.68. The molecule has 0 unspecified atom stereocenters.